The Hall–Kier alpha value is -2.46. The minimum atomic E-state index is -0.632. The van der Waals surface area contributed by atoms with Gasteiger partial charge in [-0.05, 0) is 77.0 Å². The summed E-state index contributed by atoms with van der Waals surface area (Å²) in [5.74, 6) is -0.259. The zero-order chi connectivity index (χ0) is 21.8. The number of hydrogen-bond donors (Lipinski definition) is 2. The molecule has 0 spiro atoms. The number of benzene rings is 3. The van der Waals surface area contributed by atoms with E-state index in [9.17, 15) is 9.50 Å². The van der Waals surface area contributed by atoms with E-state index in [1.54, 1.807) is 12.1 Å². The maximum Gasteiger partial charge on any atom is 0.131 e. The highest BCUT2D eigenvalue weighted by molar-refractivity contribution is 9.10. The zero-order valence-electron chi connectivity index (χ0n) is 17.2. The number of hydrogen-bond acceptors (Lipinski definition) is 4. The second kappa shape index (κ2) is 9.78. The number of halogens is 2. The summed E-state index contributed by atoms with van der Waals surface area (Å²) in [4.78, 5) is 2.34. The summed E-state index contributed by atoms with van der Waals surface area (Å²) in [6, 6.07) is 18.7. The van der Waals surface area contributed by atoms with Crippen molar-refractivity contribution >= 4 is 32.4 Å². The van der Waals surface area contributed by atoms with Crippen molar-refractivity contribution in [2.45, 2.75) is 31.4 Å². The van der Waals surface area contributed by atoms with Crippen LogP contribution in [-0.4, -0.2) is 30.8 Å². The maximum atomic E-state index is 14.0. The number of aliphatic hydroxyl groups is 1. The lowest BCUT2D eigenvalue weighted by Gasteiger charge is -2.34. The summed E-state index contributed by atoms with van der Waals surface area (Å²) in [6.45, 7) is 2.58. The Morgan fingerprint density at radius 1 is 1.13 bits per heavy atom. The Balaban J connectivity index is 1.29. The number of aliphatic hydroxyl groups excluding tert-OH is 1. The van der Waals surface area contributed by atoms with E-state index in [1.165, 1.54) is 6.07 Å². The van der Waals surface area contributed by atoms with Gasteiger partial charge in [-0.1, -0.05) is 30.3 Å². The van der Waals surface area contributed by atoms with Gasteiger partial charge in [-0.25, -0.2) is 4.39 Å². The number of nitrogens with one attached hydrogen (secondary N) is 1. The molecule has 3 aromatic rings. The topological polar surface area (TPSA) is 59.3 Å². The van der Waals surface area contributed by atoms with Gasteiger partial charge in [0.25, 0.3) is 0 Å². The molecule has 2 N–H and O–H groups in total. The fourth-order valence-corrected chi connectivity index (χ4v) is 4.94. The van der Waals surface area contributed by atoms with E-state index >= 15 is 0 Å². The van der Waals surface area contributed by atoms with Gasteiger partial charge in [-0.15, -0.1) is 0 Å². The standard InChI is InChI=1S/C25H25BrFN3O/c26-22-15-17(16-28)5-8-24(22)30-13-10-18(11-14-30)29-12-9-25(31)21-6-7-23(27)20-4-2-1-3-19(20)21/h1-8,15,18,25,29,31H,9-14H2. The van der Waals surface area contributed by atoms with Crippen molar-refractivity contribution in [1.82, 2.24) is 5.32 Å². The quantitative estimate of drug-likeness (QED) is 0.501. The molecule has 0 saturated carbocycles. The lowest BCUT2D eigenvalue weighted by atomic mass is 9.98. The number of rotatable bonds is 6. The Labute approximate surface area is 190 Å². The SMILES string of the molecule is N#Cc1ccc(N2CCC(NCCC(O)c3ccc(F)c4ccccc34)CC2)c(Br)c1. The molecule has 4 nitrogen and oxygen atoms in total. The van der Waals surface area contributed by atoms with Gasteiger partial charge in [-0.3, -0.25) is 0 Å². The summed E-state index contributed by atoms with van der Waals surface area (Å²) in [5.41, 5.74) is 2.55. The minimum absolute atomic E-state index is 0.259. The van der Waals surface area contributed by atoms with E-state index in [2.05, 4.69) is 32.2 Å². The van der Waals surface area contributed by atoms with Crippen LogP contribution in [0.4, 0.5) is 10.1 Å². The summed E-state index contributed by atoms with van der Waals surface area (Å²) < 4.78 is 15.0. The molecule has 1 unspecified atom stereocenters. The molecule has 1 fully saturated rings. The Morgan fingerprint density at radius 3 is 2.58 bits per heavy atom. The van der Waals surface area contributed by atoms with Gasteiger partial charge >= 0.3 is 0 Å². The third-order valence-electron chi connectivity index (χ3n) is 6.03. The van der Waals surface area contributed by atoms with Crippen molar-refractivity contribution in [2.75, 3.05) is 24.5 Å². The van der Waals surface area contributed by atoms with Crippen LogP contribution >= 0.6 is 15.9 Å². The first-order chi connectivity index (χ1) is 15.1. The third-order valence-corrected chi connectivity index (χ3v) is 6.66. The fourth-order valence-electron chi connectivity index (χ4n) is 4.31. The molecule has 1 aliphatic rings. The summed E-state index contributed by atoms with van der Waals surface area (Å²) in [5, 5.41) is 24.6. The monoisotopic (exact) mass is 481 g/mol. The largest absolute Gasteiger partial charge is 0.388 e. The second-order valence-corrected chi connectivity index (χ2v) is 8.83. The molecular formula is C25H25BrFN3O. The van der Waals surface area contributed by atoms with Gasteiger partial charge in [0.05, 0.1) is 23.4 Å². The van der Waals surface area contributed by atoms with Crippen LogP contribution in [0.2, 0.25) is 0 Å². The predicted octanol–water partition coefficient (Wildman–Crippen LogP) is 5.30. The molecule has 1 heterocycles. The highest BCUT2D eigenvalue weighted by atomic mass is 79.9. The summed E-state index contributed by atoms with van der Waals surface area (Å²) in [7, 11) is 0. The second-order valence-electron chi connectivity index (χ2n) is 7.98. The number of anilines is 1. The first-order valence-corrected chi connectivity index (χ1v) is 11.4. The van der Waals surface area contributed by atoms with Gasteiger partial charge in [0.15, 0.2) is 0 Å². The summed E-state index contributed by atoms with van der Waals surface area (Å²) >= 11 is 3.58. The molecule has 31 heavy (non-hydrogen) atoms. The first kappa shape index (κ1) is 21.8. The molecule has 3 aromatic carbocycles. The molecule has 6 heteroatoms. The zero-order valence-corrected chi connectivity index (χ0v) is 18.8. The van der Waals surface area contributed by atoms with Crippen molar-refractivity contribution < 1.29 is 9.50 Å². The third kappa shape index (κ3) is 4.90. The van der Waals surface area contributed by atoms with Crippen molar-refractivity contribution in [1.29, 1.82) is 5.26 Å². The Bertz CT molecular complexity index is 1110. The Morgan fingerprint density at radius 2 is 1.87 bits per heavy atom. The minimum Gasteiger partial charge on any atom is -0.388 e. The molecule has 0 radical (unpaired) electrons. The van der Waals surface area contributed by atoms with Crippen LogP contribution < -0.4 is 10.2 Å². The molecule has 0 bridgehead atoms. The maximum absolute atomic E-state index is 14.0. The van der Waals surface area contributed by atoms with E-state index in [0.717, 1.165) is 47.0 Å². The van der Waals surface area contributed by atoms with Gasteiger partial charge in [0.2, 0.25) is 0 Å². The van der Waals surface area contributed by atoms with E-state index in [1.807, 2.05) is 36.4 Å². The van der Waals surface area contributed by atoms with Crippen LogP contribution in [0, 0.1) is 17.1 Å². The molecule has 0 aromatic heterocycles. The number of nitrogens with zero attached hydrogens (tertiary/aromatic N) is 2. The Kier molecular flexibility index (Phi) is 6.86. The molecule has 0 aliphatic carbocycles. The highest BCUT2D eigenvalue weighted by Crippen LogP contribution is 2.30. The smallest absolute Gasteiger partial charge is 0.131 e. The molecule has 160 valence electrons. The van der Waals surface area contributed by atoms with Gasteiger partial charge < -0.3 is 15.3 Å². The van der Waals surface area contributed by atoms with Crippen molar-refractivity contribution in [2.24, 2.45) is 0 Å². The lowest BCUT2D eigenvalue weighted by Crippen LogP contribution is -2.43. The number of piperidine rings is 1. The fraction of sp³-hybridized carbons (Fsp3) is 0.320. The number of nitriles is 1. The average molecular weight is 482 g/mol. The van der Waals surface area contributed by atoms with Crippen LogP contribution in [0.3, 0.4) is 0 Å². The predicted molar refractivity (Wildman–Crippen MR) is 126 cm³/mol. The normalized spacial score (nSPS) is 15.7. The van der Waals surface area contributed by atoms with Crippen molar-refractivity contribution in [3.8, 4) is 6.07 Å². The van der Waals surface area contributed by atoms with E-state index in [0.29, 0.717) is 30.0 Å². The van der Waals surface area contributed by atoms with Crippen LogP contribution in [0.25, 0.3) is 10.8 Å². The van der Waals surface area contributed by atoms with Crippen LogP contribution in [0.1, 0.15) is 36.5 Å². The highest BCUT2D eigenvalue weighted by Gasteiger charge is 2.21. The van der Waals surface area contributed by atoms with E-state index in [-0.39, 0.29) is 5.82 Å². The van der Waals surface area contributed by atoms with Crippen LogP contribution in [-0.2, 0) is 0 Å². The molecule has 1 aliphatic heterocycles. The van der Waals surface area contributed by atoms with E-state index in [4.69, 9.17) is 5.26 Å². The van der Waals surface area contributed by atoms with Crippen LogP contribution in [0.5, 0.6) is 0 Å². The van der Waals surface area contributed by atoms with Gasteiger partial charge in [0.1, 0.15) is 5.82 Å². The van der Waals surface area contributed by atoms with Crippen LogP contribution in [0.15, 0.2) is 59.1 Å². The molecule has 1 saturated heterocycles. The molecule has 1 atom stereocenters. The molecule has 0 amide bonds. The van der Waals surface area contributed by atoms with Gasteiger partial charge in [0, 0.05) is 29.0 Å². The first-order valence-electron chi connectivity index (χ1n) is 10.6. The lowest BCUT2D eigenvalue weighted by molar-refractivity contribution is 0.166. The van der Waals surface area contributed by atoms with Gasteiger partial charge in [-0.2, -0.15) is 5.26 Å². The summed E-state index contributed by atoms with van der Waals surface area (Å²) in [6.07, 6.45) is 1.98. The van der Waals surface area contributed by atoms with Crippen molar-refractivity contribution in [3.63, 3.8) is 0 Å². The van der Waals surface area contributed by atoms with E-state index < -0.39 is 6.10 Å². The van der Waals surface area contributed by atoms with Crippen molar-refractivity contribution in [3.05, 3.63) is 76.0 Å². The molecule has 4 rings (SSSR count). The number of fused-ring (bicyclic) bond motifs is 1. The average Bonchev–Trinajstić information content (AvgIpc) is 2.80. The molecular weight excluding hydrogens is 457 g/mol.